The van der Waals surface area contributed by atoms with Crippen LogP contribution in [0.3, 0.4) is 0 Å². The van der Waals surface area contributed by atoms with Gasteiger partial charge in [-0.2, -0.15) is 13.2 Å². The van der Waals surface area contributed by atoms with Gasteiger partial charge < -0.3 is 9.47 Å². The highest BCUT2D eigenvalue weighted by molar-refractivity contribution is 5.24. The second-order valence-electron chi connectivity index (χ2n) is 4.94. The van der Waals surface area contributed by atoms with Gasteiger partial charge in [-0.1, -0.05) is 43.0 Å². The maximum atomic E-state index is 12.5. The number of halogens is 3. The molecule has 1 aromatic rings. The van der Waals surface area contributed by atoms with Crippen LogP contribution in [0.25, 0.3) is 0 Å². The fraction of sp³-hybridized carbons (Fsp3) is 0.294. The van der Waals surface area contributed by atoms with Crippen LogP contribution >= 0.6 is 0 Å². The smallest absolute Gasteiger partial charge is 0.412 e. The van der Waals surface area contributed by atoms with E-state index in [2.05, 4.69) is 6.58 Å². The number of rotatable bonds is 6. The normalized spacial score (nSPS) is 15.0. The van der Waals surface area contributed by atoms with Crippen LogP contribution in [-0.4, -0.2) is 12.8 Å². The molecule has 0 spiro atoms. The minimum atomic E-state index is -4.27. The fourth-order valence-corrected chi connectivity index (χ4v) is 2.01. The second-order valence-corrected chi connectivity index (χ2v) is 4.94. The maximum Gasteiger partial charge on any atom is 0.412 e. The van der Waals surface area contributed by atoms with Gasteiger partial charge in [-0.3, -0.25) is 0 Å². The Morgan fingerprint density at radius 3 is 2.41 bits per heavy atom. The van der Waals surface area contributed by atoms with Gasteiger partial charge in [-0.15, -0.1) is 0 Å². The Kier molecular flexibility index (Phi) is 5.44. The molecule has 0 N–H and O–H groups in total. The van der Waals surface area contributed by atoms with Gasteiger partial charge in [-0.05, 0) is 18.1 Å². The lowest BCUT2D eigenvalue weighted by Crippen LogP contribution is -2.14. The molecule has 0 aromatic heterocycles. The number of hydrogen-bond donors (Lipinski definition) is 0. The predicted molar refractivity (Wildman–Crippen MR) is 77.8 cm³/mol. The van der Waals surface area contributed by atoms with E-state index in [0.29, 0.717) is 18.1 Å². The summed E-state index contributed by atoms with van der Waals surface area (Å²) < 4.78 is 48.3. The third kappa shape index (κ3) is 5.07. The summed E-state index contributed by atoms with van der Waals surface area (Å²) in [7, 11) is 0. The van der Waals surface area contributed by atoms with Gasteiger partial charge >= 0.3 is 6.18 Å². The molecule has 0 bridgehead atoms. The van der Waals surface area contributed by atoms with Crippen LogP contribution in [0, 0.1) is 0 Å². The lowest BCUT2D eigenvalue weighted by molar-refractivity contribution is -0.0943. The summed E-state index contributed by atoms with van der Waals surface area (Å²) in [5, 5.41) is 0. The zero-order valence-electron chi connectivity index (χ0n) is 12.0. The number of benzene rings is 1. The maximum absolute atomic E-state index is 12.5. The Labute approximate surface area is 127 Å². The highest BCUT2D eigenvalue weighted by atomic mass is 19.4. The molecule has 0 saturated heterocycles. The van der Waals surface area contributed by atoms with E-state index in [0.717, 1.165) is 11.6 Å². The molecule has 1 aliphatic carbocycles. The first-order chi connectivity index (χ1) is 10.4. The zero-order chi connectivity index (χ0) is 16.0. The average molecular weight is 310 g/mol. The third-order valence-electron chi connectivity index (χ3n) is 3.13. The van der Waals surface area contributed by atoms with E-state index in [4.69, 9.17) is 9.47 Å². The number of ether oxygens (including phenoxy) is 2. The molecule has 0 atom stereocenters. The standard InChI is InChI=1S/C17H17F3O2/c1-13(11-21-12-14-5-3-2-4-6-14)22-16-9-7-15(8-10-16)17(18,19)20/h2-7,9H,1,8,10-12H2. The number of allylic oxidation sites excluding steroid dienone is 4. The van der Waals surface area contributed by atoms with Crippen LogP contribution in [0.15, 0.2) is 66.2 Å². The first kappa shape index (κ1) is 16.4. The molecule has 118 valence electrons. The molecule has 2 rings (SSSR count). The first-order valence-electron chi connectivity index (χ1n) is 6.89. The highest BCUT2D eigenvalue weighted by Gasteiger charge is 2.33. The molecule has 1 aliphatic rings. The summed E-state index contributed by atoms with van der Waals surface area (Å²) in [5.74, 6) is 0.854. The molecule has 0 fully saturated rings. The van der Waals surface area contributed by atoms with Crippen LogP contribution in [0.5, 0.6) is 0 Å². The number of hydrogen-bond acceptors (Lipinski definition) is 2. The van der Waals surface area contributed by atoms with Crippen LogP contribution < -0.4 is 0 Å². The van der Waals surface area contributed by atoms with Crippen molar-refractivity contribution >= 4 is 0 Å². The number of alkyl halides is 3. The molecule has 1 aromatic carbocycles. The quantitative estimate of drug-likeness (QED) is 0.696. The molecule has 2 nitrogen and oxygen atoms in total. The van der Waals surface area contributed by atoms with Crippen LogP contribution in [0.2, 0.25) is 0 Å². The molecule has 0 aliphatic heterocycles. The van der Waals surface area contributed by atoms with E-state index in [1.54, 1.807) is 0 Å². The Hall–Kier alpha value is -2.01. The van der Waals surface area contributed by atoms with E-state index in [9.17, 15) is 13.2 Å². The SMILES string of the molecule is C=C(COCc1ccccc1)OC1=CC=C(C(F)(F)F)CC1. The fourth-order valence-electron chi connectivity index (χ4n) is 2.01. The third-order valence-corrected chi connectivity index (χ3v) is 3.13. The van der Waals surface area contributed by atoms with E-state index in [-0.39, 0.29) is 19.4 Å². The molecule has 0 heterocycles. The Bertz CT molecular complexity index is 571. The summed E-state index contributed by atoms with van der Waals surface area (Å²) in [6, 6.07) is 9.64. The molecular formula is C17H17F3O2. The summed E-state index contributed by atoms with van der Waals surface area (Å²) in [6.07, 6.45) is -1.74. The molecular weight excluding hydrogens is 293 g/mol. The van der Waals surface area contributed by atoms with Crippen molar-refractivity contribution in [1.82, 2.24) is 0 Å². The van der Waals surface area contributed by atoms with Crippen molar-refractivity contribution in [3.05, 3.63) is 71.7 Å². The van der Waals surface area contributed by atoms with Crippen molar-refractivity contribution in [2.24, 2.45) is 0 Å². The average Bonchev–Trinajstić information content (AvgIpc) is 2.48. The van der Waals surface area contributed by atoms with Crippen molar-refractivity contribution in [1.29, 1.82) is 0 Å². The lowest BCUT2D eigenvalue weighted by atomic mass is 10.0. The zero-order valence-corrected chi connectivity index (χ0v) is 12.0. The minimum Gasteiger partial charge on any atom is -0.464 e. The van der Waals surface area contributed by atoms with Gasteiger partial charge in [0.05, 0.1) is 6.61 Å². The topological polar surface area (TPSA) is 18.5 Å². The van der Waals surface area contributed by atoms with E-state index < -0.39 is 11.7 Å². The van der Waals surface area contributed by atoms with Crippen LogP contribution in [0.1, 0.15) is 18.4 Å². The summed E-state index contributed by atoms with van der Waals surface area (Å²) in [4.78, 5) is 0. The predicted octanol–water partition coefficient (Wildman–Crippen LogP) is 4.90. The monoisotopic (exact) mass is 310 g/mol. The van der Waals surface area contributed by atoms with Crippen molar-refractivity contribution in [3.63, 3.8) is 0 Å². The van der Waals surface area contributed by atoms with Crippen molar-refractivity contribution < 1.29 is 22.6 Å². The largest absolute Gasteiger partial charge is 0.464 e. The van der Waals surface area contributed by atoms with Gasteiger partial charge in [0.1, 0.15) is 18.1 Å². The molecule has 0 saturated carbocycles. The summed E-state index contributed by atoms with van der Waals surface area (Å²) >= 11 is 0. The van der Waals surface area contributed by atoms with E-state index in [1.807, 2.05) is 30.3 Å². The van der Waals surface area contributed by atoms with Gasteiger partial charge in [0.25, 0.3) is 0 Å². The summed E-state index contributed by atoms with van der Waals surface area (Å²) in [6.45, 7) is 4.34. The van der Waals surface area contributed by atoms with Gasteiger partial charge in [0, 0.05) is 12.0 Å². The van der Waals surface area contributed by atoms with Crippen molar-refractivity contribution in [2.75, 3.05) is 6.61 Å². The molecule has 0 unspecified atom stereocenters. The van der Waals surface area contributed by atoms with Crippen molar-refractivity contribution in [3.8, 4) is 0 Å². The summed E-state index contributed by atoms with van der Waals surface area (Å²) in [5.41, 5.74) is 0.496. The van der Waals surface area contributed by atoms with Crippen molar-refractivity contribution in [2.45, 2.75) is 25.6 Å². The first-order valence-corrected chi connectivity index (χ1v) is 6.89. The molecule has 5 heteroatoms. The molecule has 22 heavy (non-hydrogen) atoms. The lowest BCUT2D eigenvalue weighted by Gasteiger charge is -2.18. The Morgan fingerprint density at radius 2 is 1.82 bits per heavy atom. The molecule has 0 radical (unpaired) electrons. The highest BCUT2D eigenvalue weighted by Crippen LogP contribution is 2.33. The van der Waals surface area contributed by atoms with E-state index in [1.165, 1.54) is 6.08 Å². The van der Waals surface area contributed by atoms with E-state index >= 15 is 0 Å². The Balaban J connectivity index is 1.76. The molecule has 0 amide bonds. The Morgan fingerprint density at radius 1 is 1.09 bits per heavy atom. The van der Waals surface area contributed by atoms with Gasteiger partial charge in [0.2, 0.25) is 0 Å². The van der Waals surface area contributed by atoms with Gasteiger partial charge in [-0.25, -0.2) is 0 Å². The second kappa shape index (κ2) is 7.31. The van der Waals surface area contributed by atoms with Crippen LogP contribution in [-0.2, 0) is 16.1 Å². The van der Waals surface area contributed by atoms with Gasteiger partial charge in [0.15, 0.2) is 0 Å². The minimum absolute atomic E-state index is 0.0759. The van der Waals surface area contributed by atoms with Crippen LogP contribution in [0.4, 0.5) is 13.2 Å².